The highest BCUT2D eigenvalue weighted by Crippen LogP contribution is 2.18. The minimum atomic E-state index is 0.0729. The van der Waals surface area contributed by atoms with Crippen LogP contribution in [0.4, 0.5) is 0 Å². The van der Waals surface area contributed by atoms with Crippen molar-refractivity contribution in [1.82, 2.24) is 4.90 Å². The minimum absolute atomic E-state index is 0.0729. The summed E-state index contributed by atoms with van der Waals surface area (Å²) < 4.78 is 0. The zero-order chi connectivity index (χ0) is 6.69. The Balaban J connectivity index is 2.30. The lowest BCUT2D eigenvalue weighted by atomic mass is 10.1. The molecule has 0 aromatic rings. The van der Waals surface area contributed by atoms with E-state index >= 15 is 0 Å². The predicted molar refractivity (Wildman–Crippen MR) is 37.3 cm³/mol. The number of rotatable bonds is 1. The fourth-order valence-electron chi connectivity index (χ4n) is 1.11. The smallest absolute Gasteiger partial charge is 0.0968 e. The molecule has 1 rings (SSSR count). The molecule has 1 N–H and O–H groups in total. The maximum atomic E-state index is 8.70. The Morgan fingerprint density at radius 2 is 2.33 bits per heavy atom. The first-order valence-corrected chi connectivity index (χ1v) is 3.77. The minimum Gasteiger partial charge on any atom is -0.381 e. The number of nitrogens with zero attached hydrogens (tertiary/aromatic N) is 1. The van der Waals surface area contributed by atoms with E-state index in [1.165, 1.54) is 12.8 Å². The summed E-state index contributed by atoms with van der Waals surface area (Å²) >= 11 is 5.85. The lowest BCUT2D eigenvalue weighted by Crippen LogP contribution is -2.36. The summed E-state index contributed by atoms with van der Waals surface area (Å²) in [6.07, 6.45) is 3.39. The van der Waals surface area contributed by atoms with Gasteiger partial charge in [0.25, 0.3) is 0 Å². The van der Waals surface area contributed by atoms with Crippen LogP contribution in [0.1, 0.15) is 19.3 Å². The quantitative estimate of drug-likeness (QED) is 0.444. The Hall–Kier alpha value is 0.210. The van der Waals surface area contributed by atoms with Crippen molar-refractivity contribution in [1.29, 1.82) is 0 Å². The molecule has 54 valence electrons. The molecule has 9 heavy (non-hydrogen) atoms. The Morgan fingerprint density at radius 1 is 1.56 bits per heavy atom. The zero-order valence-electron chi connectivity index (χ0n) is 5.39. The normalized spacial score (nSPS) is 30.7. The highest BCUT2D eigenvalue weighted by Gasteiger charge is 2.17. The molecule has 1 fully saturated rings. The molecule has 0 saturated carbocycles. The highest BCUT2D eigenvalue weighted by atomic mass is 35.5. The maximum absolute atomic E-state index is 8.70. The number of hydrogen-bond acceptors (Lipinski definition) is 2. The summed E-state index contributed by atoms with van der Waals surface area (Å²) in [5.41, 5.74) is 0.0729. The van der Waals surface area contributed by atoms with Crippen molar-refractivity contribution < 1.29 is 5.11 Å². The zero-order valence-corrected chi connectivity index (χ0v) is 6.14. The summed E-state index contributed by atoms with van der Waals surface area (Å²) in [6, 6.07) is 0. The molecule has 3 heteroatoms. The molecule has 0 bridgehead atoms. The van der Waals surface area contributed by atoms with Crippen LogP contribution in [0, 0.1) is 0 Å². The third-order valence-electron chi connectivity index (χ3n) is 1.72. The van der Waals surface area contributed by atoms with E-state index in [2.05, 4.69) is 0 Å². The van der Waals surface area contributed by atoms with Gasteiger partial charge in [-0.2, -0.15) is 0 Å². The highest BCUT2D eigenvalue weighted by molar-refractivity contribution is 6.20. The number of piperidine rings is 1. The largest absolute Gasteiger partial charge is 0.381 e. The average molecular weight is 150 g/mol. The molecule has 0 spiro atoms. The van der Waals surface area contributed by atoms with Crippen molar-refractivity contribution in [3.63, 3.8) is 0 Å². The average Bonchev–Trinajstić information content (AvgIpc) is 1.89. The molecule has 1 saturated heterocycles. The fraction of sp³-hybridized carbons (Fsp3) is 1.00. The van der Waals surface area contributed by atoms with Crippen molar-refractivity contribution >= 4 is 11.6 Å². The lowest BCUT2D eigenvalue weighted by molar-refractivity contribution is 0.0745. The van der Waals surface area contributed by atoms with E-state index < -0.39 is 0 Å². The molecular weight excluding hydrogens is 138 g/mol. The monoisotopic (exact) mass is 149 g/mol. The molecule has 0 aliphatic carbocycles. The lowest BCUT2D eigenvalue weighted by Gasteiger charge is -2.29. The standard InChI is InChI=1S/C6H12ClNO/c7-6-3-1-2-4-8(6)5-9/h6,9H,1-5H2. The van der Waals surface area contributed by atoms with E-state index in [9.17, 15) is 0 Å². The molecule has 1 aliphatic rings. The van der Waals surface area contributed by atoms with Crippen molar-refractivity contribution in [3.05, 3.63) is 0 Å². The van der Waals surface area contributed by atoms with Gasteiger partial charge in [-0.25, -0.2) is 0 Å². The first kappa shape index (κ1) is 7.32. The van der Waals surface area contributed by atoms with Crippen LogP contribution in [0.2, 0.25) is 0 Å². The van der Waals surface area contributed by atoms with Gasteiger partial charge < -0.3 is 5.11 Å². The van der Waals surface area contributed by atoms with Crippen molar-refractivity contribution in [2.24, 2.45) is 0 Å². The second kappa shape index (κ2) is 3.40. The molecule has 0 aromatic carbocycles. The molecule has 2 nitrogen and oxygen atoms in total. The second-order valence-corrected chi connectivity index (χ2v) is 2.89. The van der Waals surface area contributed by atoms with Crippen LogP contribution < -0.4 is 0 Å². The van der Waals surface area contributed by atoms with Crippen LogP contribution >= 0.6 is 11.6 Å². The van der Waals surface area contributed by atoms with E-state index in [1.54, 1.807) is 0 Å². The maximum Gasteiger partial charge on any atom is 0.0968 e. The Bertz CT molecular complexity index is 89.1. The van der Waals surface area contributed by atoms with Crippen LogP contribution in [0.3, 0.4) is 0 Å². The molecule has 1 atom stereocenters. The van der Waals surface area contributed by atoms with Gasteiger partial charge in [0.15, 0.2) is 0 Å². The van der Waals surface area contributed by atoms with Crippen molar-refractivity contribution in [2.45, 2.75) is 24.8 Å². The van der Waals surface area contributed by atoms with Gasteiger partial charge >= 0.3 is 0 Å². The summed E-state index contributed by atoms with van der Waals surface area (Å²) in [5.74, 6) is 0. The Kier molecular flexibility index (Phi) is 2.76. The second-order valence-electron chi connectivity index (χ2n) is 2.38. The van der Waals surface area contributed by atoms with Gasteiger partial charge in [0.2, 0.25) is 0 Å². The van der Waals surface area contributed by atoms with Crippen molar-refractivity contribution in [3.8, 4) is 0 Å². The molecule has 0 aromatic heterocycles. The predicted octanol–water partition coefficient (Wildman–Crippen LogP) is 0.987. The fourth-order valence-corrected chi connectivity index (χ4v) is 1.42. The number of alkyl halides is 1. The molecular formula is C6H12ClNO. The van der Waals surface area contributed by atoms with Crippen LogP contribution in [-0.2, 0) is 0 Å². The van der Waals surface area contributed by atoms with Gasteiger partial charge in [0, 0.05) is 6.54 Å². The van der Waals surface area contributed by atoms with Gasteiger partial charge in [-0.3, -0.25) is 4.90 Å². The molecule has 0 amide bonds. The van der Waals surface area contributed by atoms with Gasteiger partial charge in [-0.1, -0.05) is 0 Å². The molecule has 0 radical (unpaired) electrons. The first-order chi connectivity index (χ1) is 4.34. The van der Waals surface area contributed by atoms with E-state index in [0.29, 0.717) is 0 Å². The van der Waals surface area contributed by atoms with Crippen LogP contribution in [0.5, 0.6) is 0 Å². The number of aliphatic hydroxyl groups is 1. The third-order valence-corrected chi connectivity index (χ3v) is 2.21. The van der Waals surface area contributed by atoms with Crippen LogP contribution in [0.15, 0.2) is 0 Å². The van der Waals surface area contributed by atoms with Gasteiger partial charge in [0.05, 0.1) is 12.2 Å². The number of likely N-dealkylation sites (tertiary alicyclic amines) is 1. The summed E-state index contributed by atoms with van der Waals surface area (Å²) in [7, 11) is 0. The number of aliphatic hydroxyl groups excluding tert-OH is 1. The number of hydrogen-bond donors (Lipinski definition) is 1. The summed E-state index contributed by atoms with van der Waals surface area (Å²) in [6.45, 7) is 1.05. The van der Waals surface area contributed by atoms with Gasteiger partial charge in [0.1, 0.15) is 0 Å². The van der Waals surface area contributed by atoms with E-state index in [4.69, 9.17) is 16.7 Å². The molecule has 1 aliphatic heterocycles. The van der Waals surface area contributed by atoms with Gasteiger partial charge in [-0.15, -0.1) is 11.6 Å². The number of halogens is 1. The van der Waals surface area contributed by atoms with Gasteiger partial charge in [-0.05, 0) is 19.3 Å². The Labute approximate surface area is 60.4 Å². The van der Waals surface area contributed by atoms with E-state index in [1.807, 2.05) is 4.90 Å². The third kappa shape index (κ3) is 1.81. The van der Waals surface area contributed by atoms with Crippen LogP contribution in [-0.4, -0.2) is 28.8 Å². The summed E-state index contributed by atoms with van der Waals surface area (Å²) in [4.78, 5) is 1.88. The topological polar surface area (TPSA) is 23.5 Å². The summed E-state index contributed by atoms with van der Waals surface area (Å²) in [5, 5.41) is 8.70. The Morgan fingerprint density at radius 3 is 2.78 bits per heavy atom. The van der Waals surface area contributed by atoms with E-state index in [0.717, 1.165) is 13.0 Å². The first-order valence-electron chi connectivity index (χ1n) is 3.33. The molecule has 1 heterocycles. The van der Waals surface area contributed by atoms with Crippen molar-refractivity contribution in [2.75, 3.05) is 13.3 Å². The molecule has 1 unspecified atom stereocenters. The van der Waals surface area contributed by atoms with Crippen LogP contribution in [0.25, 0.3) is 0 Å². The van der Waals surface area contributed by atoms with E-state index in [-0.39, 0.29) is 12.2 Å². The SMILES string of the molecule is OCN1CCCCC1Cl.